The second-order valence-electron chi connectivity index (χ2n) is 7.28. The van der Waals surface area contributed by atoms with Crippen molar-refractivity contribution in [2.24, 2.45) is 5.16 Å². The normalized spacial score (nSPS) is 13.8. The van der Waals surface area contributed by atoms with Gasteiger partial charge in [-0.3, -0.25) is 4.40 Å². The van der Waals surface area contributed by atoms with E-state index in [1.807, 2.05) is 24.3 Å². The Balaban J connectivity index is 1.50. The first kappa shape index (κ1) is 19.3. The third-order valence-electron chi connectivity index (χ3n) is 5.27. The van der Waals surface area contributed by atoms with Crippen molar-refractivity contribution in [2.45, 2.75) is 32.3 Å². The van der Waals surface area contributed by atoms with E-state index in [1.165, 1.54) is 35.5 Å². The summed E-state index contributed by atoms with van der Waals surface area (Å²) in [5.74, 6) is -0.265. The highest BCUT2D eigenvalue weighted by atomic mass is 35.5. The molecule has 0 unspecified atom stereocenters. The quantitative estimate of drug-likeness (QED) is 0.271. The van der Waals surface area contributed by atoms with E-state index >= 15 is 0 Å². The zero-order valence-corrected chi connectivity index (χ0v) is 17.7. The Labute approximate surface area is 182 Å². The topological polar surface area (TPSA) is 38.9 Å². The molecule has 0 bridgehead atoms. The maximum Gasteiger partial charge on any atom is 0.195 e. The summed E-state index contributed by atoms with van der Waals surface area (Å²) in [6, 6.07) is 13.9. The SMILES string of the molecule is Fc1ccc(CO/N=C/c2c(-c3ccc(Cl)cc3)nc3sc4c(n23)CCCC4)cc1. The van der Waals surface area contributed by atoms with Crippen LogP contribution in [0.3, 0.4) is 0 Å². The van der Waals surface area contributed by atoms with Crippen LogP contribution >= 0.6 is 22.9 Å². The molecule has 0 atom stereocenters. The van der Waals surface area contributed by atoms with Gasteiger partial charge in [0.05, 0.1) is 17.6 Å². The van der Waals surface area contributed by atoms with Crippen LogP contribution in [0.25, 0.3) is 16.2 Å². The van der Waals surface area contributed by atoms with Crippen LogP contribution in [0.4, 0.5) is 4.39 Å². The van der Waals surface area contributed by atoms with Crippen molar-refractivity contribution >= 4 is 34.1 Å². The largest absolute Gasteiger partial charge is 0.391 e. The molecule has 0 amide bonds. The van der Waals surface area contributed by atoms with Gasteiger partial charge in [-0.1, -0.05) is 41.0 Å². The number of benzene rings is 2. The fourth-order valence-corrected chi connectivity index (χ4v) is 5.12. The molecule has 0 fully saturated rings. The fraction of sp³-hybridized carbons (Fsp3) is 0.217. The molecule has 1 aliphatic rings. The minimum Gasteiger partial charge on any atom is -0.391 e. The summed E-state index contributed by atoms with van der Waals surface area (Å²) in [4.78, 5) is 12.8. The van der Waals surface area contributed by atoms with E-state index in [1.54, 1.807) is 29.7 Å². The van der Waals surface area contributed by atoms with Crippen LogP contribution < -0.4 is 0 Å². The number of thiazole rings is 1. The lowest BCUT2D eigenvalue weighted by molar-refractivity contribution is 0.132. The van der Waals surface area contributed by atoms with E-state index in [2.05, 4.69) is 9.56 Å². The average molecular weight is 440 g/mol. The van der Waals surface area contributed by atoms with Gasteiger partial charge in [0.1, 0.15) is 12.4 Å². The molecule has 2 aromatic carbocycles. The van der Waals surface area contributed by atoms with Crippen LogP contribution in [0, 0.1) is 5.82 Å². The summed E-state index contributed by atoms with van der Waals surface area (Å²) in [7, 11) is 0. The molecular formula is C23H19ClFN3OS. The van der Waals surface area contributed by atoms with Gasteiger partial charge in [-0.05, 0) is 55.5 Å². The third kappa shape index (κ3) is 3.73. The number of aromatic nitrogens is 2. The lowest BCUT2D eigenvalue weighted by atomic mass is 10.0. The second kappa shape index (κ2) is 8.20. The van der Waals surface area contributed by atoms with Crippen molar-refractivity contribution in [1.82, 2.24) is 9.38 Å². The number of nitrogens with zero attached hydrogens (tertiary/aromatic N) is 3. The molecule has 0 spiro atoms. The van der Waals surface area contributed by atoms with Crippen LogP contribution in [-0.2, 0) is 24.3 Å². The lowest BCUT2D eigenvalue weighted by Gasteiger charge is -2.11. The van der Waals surface area contributed by atoms with Crippen LogP contribution in [0.15, 0.2) is 53.7 Å². The van der Waals surface area contributed by atoms with E-state index in [4.69, 9.17) is 21.4 Å². The molecule has 0 saturated heterocycles. The molecule has 0 aliphatic heterocycles. The number of halogens is 2. The number of rotatable bonds is 5. The Morgan fingerprint density at radius 2 is 1.87 bits per heavy atom. The molecule has 1 aliphatic carbocycles. The van der Waals surface area contributed by atoms with Crippen molar-refractivity contribution in [2.75, 3.05) is 0 Å². The minimum atomic E-state index is -0.265. The number of oxime groups is 1. The number of hydrogen-bond donors (Lipinski definition) is 0. The van der Waals surface area contributed by atoms with Gasteiger partial charge < -0.3 is 4.84 Å². The van der Waals surface area contributed by atoms with Crippen LogP contribution in [0.5, 0.6) is 0 Å². The summed E-state index contributed by atoms with van der Waals surface area (Å²) >= 11 is 7.83. The Kier molecular flexibility index (Phi) is 5.27. The Morgan fingerprint density at radius 1 is 1.10 bits per heavy atom. The summed E-state index contributed by atoms with van der Waals surface area (Å²) in [6.45, 7) is 0.275. The smallest absolute Gasteiger partial charge is 0.195 e. The summed E-state index contributed by atoms with van der Waals surface area (Å²) < 4.78 is 15.3. The molecule has 0 radical (unpaired) electrons. The number of hydrogen-bond acceptors (Lipinski definition) is 4. The molecule has 0 N–H and O–H groups in total. The summed E-state index contributed by atoms with van der Waals surface area (Å²) in [5, 5.41) is 4.90. The van der Waals surface area contributed by atoms with Gasteiger partial charge in [0.25, 0.3) is 0 Å². The monoisotopic (exact) mass is 439 g/mol. The second-order valence-corrected chi connectivity index (χ2v) is 8.78. The fourth-order valence-electron chi connectivity index (χ4n) is 3.78. The van der Waals surface area contributed by atoms with E-state index < -0.39 is 0 Å². The maximum atomic E-state index is 13.1. The van der Waals surface area contributed by atoms with Gasteiger partial charge in [0.15, 0.2) is 4.96 Å². The van der Waals surface area contributed by atoms with Crippen molar-refractivity contribution in [1.29, 1.82) is 0 Å². The van der Waals surface area contributed by atoms with Gasteiger partial charge in [0.2, 0.25) is 0 Å². The molecular weight excluding hydrogens is 421 g/mol. The van der Waals surface area contributed by atoms with Crippen LogP contribution in [0.2, 0.25) is 5.02 Å². The van der Waals surface area contributed by atoms with Gasteiger partial charge in [-0.15, -0.1) is 11.3 Å². The highest BCUT2D eigenvalue weighted by Crippen LogP contribution is 2.34. The number of imidazole rings is 1. The van der Waals surface area contributed by atoms with Crippen molar-refractivity contribution in [3.05, 3.63) is 81.2 Å². The highest BCUT2D eigenvalue weighted by molar-refractivity contribution is 7.17. The Morgan fingerprint density at radius 3 is 2.67 bits per heavy atom. The Bertz CT molecular complexity index is 1210. The predicted molar refractivity (Wildman–Crippen MR) is 119 cm³/mol. The van der Waals surface area contributed by atoms with E-state index in [9.17, 15) is 4.39 Å². The molecule has 2 aromatic heterocycles. The van der Waals surface area contributed by atoms with Crippen molar-refractivity contribution in [3.8, 4) is 11.3 Å². The van der Waals surface area contributed by atoms with E-state index in [0.29, 0.717) is 5.02 Å². The molecule has 0 saturated carbocycles. The molecule has 2 heterocycles. The number of aryl methyl sites for hydroxylation is 2. The van der Waals surface area contributed by atoms with Crippen LogP contribution in [-0.4, -0.2) is 15.6 Å². The van der Waals surface area contributed by atoms with Crippen molar-refractivity contribution in [3.63, 3.8) is 0 Å². The van der Waals surface area contributed by atoms with Crippen LogP contribution in [0.1, 0.15) is 34.7 Å². The summed E-state index contributed by atoms with van der Waals surface area (Å²) in [5.41, 5.74) is 4.94. The van der Waals surface area contributed by atoms with E-state index in [-0.39, 0.29) is 12.4 Å². The zero-order chi connectivity index (χ0) is 20.5. The Hall–Kier alpha value is -2.70. The molecule has 5 rings (SSSR count). The average Bonchev–Trinajstić information content (AvgIpc) is 3.29. The molecule has 30 heavy (non-hydrogen) atoms. The lowest BCUT2D eigenvalue weighted by Crippen LogP contribution is -2.05. The first-order valence-electron chi connectivity index (χ1n) is 9.88. The molecule has 7 heteroatoms. The van der Waals surface area contributed by atoms with Gasteiger partial charge in [0, 0.05) is 21.2 Å². The highest BCUT2D eigenvalue weighted by Gasteiger charge is 2.22. The minimum absolute atomic E-state index is 0.265. The number of fused-ring (bicyclic) bond motifs is 3. The van der Waals surface area contributed by atoms with E-state index in [0.717, 1.165) is 40.3 Å². The van der Waals surface area contributed by atoms with Crippen molar-refractivity contribution < 1.29 is 9.23 Å². The maximum absolute atomic E-state index is 13.1. The van der Waals surface area contributed by atoms with Gasteiger partial charge in [-0.2, -0.15) is 0 Å². The summed E-state index contributed by atoms with van der Waals surface area (Å²) in [6.07, 6.45) is 6.30. The molecule has 4 aromatic rings. The molecule has 152 valence electrons. The van der Waals surface area contributed by atoms with Gasteiger partial charge >= 0.3 is 0 Å². The zero-order valence-electron chi connectivity index (χ0n) is 16.1. The first-order chi connectivity index (χ1) is 14.7. The molecule has 4 nitrogen and oxygen atoms in total. The van der Waals surface area contributed by atoms with Gasteiger partial charge in [-0.25, -0.2) is 9.37 Å². The predicted octanol–water partition coefficient (Wildman–Crippen LogP) is 6.28. The first-order valence-corrected chi connectivity index (χ1v) is 11.1. The standard InChI is InChI=1S/C23H19ClFN3OS/c24-17-9-7-16(8-10-17)22-20(13-26-29-14-15-5-11-18(25)12-6-15)28-19-3-1-2-4-21(19)30-23(28)27-22/h5-13H,1-4,14H2/b26-13+. The third-order valence-corrected chi connectivity index (χ3v) is 6.66.